The number of benzene rings is 1. The van der Waals surface area contributed by atoms with Crippen molar-refractivity contribution in [3.8, 4) is 0 Å². The third-order valence-electron chi connectivity index (χ3n) is 3.59. The fourth-order valence-electron chi connectivity index (χ4n) is 2.44. The van der Waals surface area contributed by atoms with E-state index in [4.69, 9.17) is 0 Å². The summed E-state index contributed by atoms with van der Waals surface area (Å²) in [7, 11) is 1.95. The quantitative estimate of drug-likeness (QED) is 0.901. The molecule has 4 heteroatoms. The maximum absolute atomic E-state index is 11.9. The Hall–Kier alpha value is -1.68. The first-order valence-corrected chi connectivity index (χ1v) is 6.72. The van der Waals surface area contributed by atoms with Crippen LogP contribution in [0, 0.1) is 0 Å². The summed E-state index contributed by atoms with van der Waals surface area (Å²) in [5.74, 6) is 0.337. The highest BCUT2D eigenvalue weighted by Crippen LogP contribution is 2.19. The number of nitrogens with one attached hydrogen (secondary N) is 1. The Morgan fingerprint density at radius 2 is 1.89 bits per heavy atom. The Bertz CT molecular complexity index is 435. The SMILES string of the molecule is CN(CC(=O)Nc1ccccc1)C1CCC(=O)CC1. The van der Waals surface area contributed by atoms with Crippen molar-refractivity contribution in [3.63, 3.8) is 0 Å². The van der Waals surface area contributed by atoms with E-state index in [1.807, 2.05) is 42.3 Å². The molecule has 0 atom stereocenters. The summed E-state index contributed by atoms with van der Waals surface area (Å²) in [5.41, 5.74) is 0.819. The number of hydrogen-bond donors (Lipinski definition) is 1. The van der Waals surface area contributed by atoms with Gasteiger partial charge in [0.25, 0.3) is 0 Å². The second-order valence-electron chi connectivity index (χ2n) is 5.10. The van der Waals surface area contributed by atoms with E-state index in [-0.39, 0.29) is 5.91 Å². The van der Waals surface area contributed by atoms with Crippen LogP contribution in [-0.2, 0) is 9.59 Å². The smallest absolute Gasteiger partial charge is 0.238 e. The predicted octanol–water partition coefficient (Wildman–Crippen LogP) is 2.07. The molecule has 1 aromatic carbocycles. The van der Waals surface area contributed by atoms with Gasteiger partial charge in [-0.2, -0.15) is 0 Å². The summed E-state index contributed by atoms with van der Waals surface area (Å²) >= 11 is 0. The van der Waals surface area contributed by atoms with Gasteiger partial charge >= 0.3 is 0 Å². The number of carbonyl (C=O) groups is 2. The Kier molecular flexibility index (Phi) is 4.68. The molecule has 1 fully saturated rings. The largest absolute Gasteiger partial charge is 0.325 e. The van der Waals surface area contributed by atoms with Crippen LogP contribution in [0.5, 0.6) is 0 Å². The van der Waals surface area contributed by atoms with Gasteiger partial charge in [0.05, 0.1) is 6.54 Å². The van der Waals surface area contributed by atoms with Crippen molar-refractivity contribution >= 4 is 17.4 Å². The zero-order valence-corrected chi connectivity index (χ0v) is 11.3. The van der Waals surface area contributed by atoms with Gasteiger partial charge in [-0.25, -0.2) is 0 Å². The second kappa shape index (κ2) is 6.48. The molecular weight excluding hydrogens is 240 g/mol. The van der Waals surface area contributed by atoms with Gasteiger partial charge < -0.3 is 5.32 Å². The Morgan fingerprint density at radius 3 is 2.53 bits per heavy atom. The van der Waals surface area contributed by atoms with Crippen LogP contribution in [0.15, 0.2) is 30.3 Å². The molecule has 1 N–H and O–H groups in total. The number of carbonyl (C=O) groups excluding carboxylic acids is 2. The number of likely N-dealkylation sites (N-methyl/N-ethyl adjacent to an activating group) is 1. The van der Waals surface area contributed by atoms with Gasteiger partial charge in [-0.3, -0.25) is 14.5 Å². The van der Waals surface area contributed by atoms with Gasteiger partial charge in [-0.1, -0.05) is 18.2 Å². The Labute approximate surface area is 113 Å². The lowest BCUT2D eigenvalue weighted by atomic mass is 9.93. The fraction of sp³-hybridized carbons (Fsp3) is 0.467. The second-order valence-corrected chi connectivity index (χ2v) is 5.10. The van der Waals surface area contributed by atoms with Crippen LogP contribution in [0.4, 0.5) is 5.69 Å². The average molecular weight is 260 g/mol. The minimum Gasteiger partial charge on any atom is -0.325 e. The maximum atomic E-state index is 11.9. The van der Waals surface area contributed by atoms with Crippen molar-refractivity contribution in [1.82, 2.24) is 4.90 Å². The Balaban J connectivity index is 1.80. The molecule has 0 heterocycles. The first-order valence-electron chi connectivity index (χ1n) is 6.72. The number of ketones is 1. The van der Waals surface area contributed by atoms with Crippen LogP contribution in [-0.4, -0.2) is 36.2 Å². The molecule has 0 unspecified atom stereocenters. The van der Waals surface area contributed by atoms with E-state index in [9.17, 15) is 9.59 Å². The summed E-state index contributed by atoms with van der Waals surface area (Å²) in [5, 5.41) is 2.87. The molecule has 0 bridgehead atoms. The molecule has 0 aromatic heterocycles. The van der Waals surface area contributed by atoms with Crippen LogP contribution in [0.2, 0.25) is 0 Å². The van der Waals surface area contributed by atoms with E-state index in [1.54, 1.807) is 0 Å². The summed E-state index contributed by atoms with van der Waals surface area (Å²) in [6.07, 6.45) is 3.03. The standard InChI is InChI=1S/C15H20N2O2/c1-17(13-7-9-14(18)10-8-13)11-15(19)16-12-5-3-2-4-6-12/h2-6,13H,7-11H2,1H3,(H,16,19). The van der Waals surface area contributed by atoms with Crippen molar-refractivity contribution in [2.75, 3.05) is 18.9 Å². The van der Waals surface area contributed by atoms with Crippen LogP contribution in [0.1, 0.15) is 25.7 Å². The van der Waals surface area contributed by atoms with Gasteiger partial charge in [-0.15, -0.1) is 0 Å². The molecule has 1 saturated carbocycles. The van der Waals surface area contributed by atoms with E-state index >= 15 is 0 Å². The average Bonchev–Trinajstić information content (AvgIpc) is 2.40. The molecule has 1 amide bonds. The number of anilines is 1. The number of para-hydroxylation sites is 1. The molecule has 0 radical (unpaired) electrons. The van der Waals surface area contributed by atoms with E-state index < -0.39 is 0 Å². The number of Topliss-reactive ketones (excluding diaryl/α,β-unsaturated/α-hetero) is 1. The third-order valence-corrected chi connectivity index (χ3v) is 3.59. The van der Waals surface area contributed by atoms with Gasteiger partial charge in [0, 0.05) is 24.6 Å². The number of hydrogen-bond acceptors (Lipinski definition) is 3. The van der Waals surface area contributed by atoms with Gasteiger partial charge in [0.2, 0.25) is 5.91 Å². The summed E-state index contributed by atoms with van der Waals surface area (Å²) < 4.78 is 0. The van der Waals surface area contributed by atoms with E-state index in [1.165, 1.54) is 0 Å². The molecule has 1 aliphatic rings. The van der Waals surface area contributed by atoms with Crippen molar-refractivity contribution in [1.29, 1.82) is 0 Å². The fourth-order valence-corrected chi connectivity index (χ4v) is 2.44. The molecule has 0 spiro atoms. The molecule has 0 saturated heterocycles. The predicted molar refractivity (Wildman–Crippen MR) is 75.0 cm³/mol. The van der Waals surface area contributed by atoms with E-state index in [2.05, 4.69) is 5.32 Å². The number of nitrogens with zero attached hydrogens (tertiary/aromatic N) is 1. The van der Waals surface area contributed by atoms with Crippen molar-refractivity contribution < 1.29 is 9.59 Å². The number of amides is 1. The number of rotatable bonds is 4. The van der Waals surface area contributed by atoms with Crippen molar-refractivity contribution in [2.45, 2.75) is 31.7 Å². The van der Waals surface area contributed by atoms with Crippen LogP contribution >= 0.6 is 0 Å². The highest BCUT2D eigenvalue weighted by atomic mass is 16.2. The molecule has 1 aromatic rings. The zero-order chi connectivity index (χ0) is 13.7. The topological polar surface area (TPSA) is 49.4 Å². The molecule has 2 rings (SSSR count). The van der Waals surface area contributed by atoms with Crippen LogP contribution < -0.4 is 5.32 Å². The first-order chi connectivity index (χ1) is 9.15. The van der Waals surface area contributed by atoms with E-state index in [0.717, 1.165) is 18.5 Å². The maximum Gasteiger partial charge on any atom is 0.238 e. The van der Waals surface area contributed by atoms with Gasteiger partial charge in [0.15, 0.2) is 0 Å². The van der Waals surface area contributed by atoms with Gasteiger partial charge in [-0.05, 0) is 32.0 Å². The first kappa shape index (κ1) is 13.7. The summed E-state index contributed by atoms with van der Waals surface area (Å²) in [6, 6.07) is 9.80. The lowest BCUT2D eigenvalue weighted by molar-refractivity contribution is -0.121. The van der Waals surface area contributed by atoms with Crippen LogP contribution in [0.25, 0.3) is 0 Å². The van der Waals surface area contributed by atoms with E-state index in [0.29, 0.717) is 31.2 Å². The van der Waals surface area contributed by atoms with Crippen LogP contribution in [0.3, 0.4) is 0 Å². The highest BCUT2D eigenvalue weighted by Gasteiger charge is 2.23. The molecule has 4 nitrogen and oxygen atoms in total. The minimum absolute atomic E-state index is 0.00870. The zero-order valence-electron chi connectivity index (χ0n) is 11.3. The normalized spacial score (nSPS) is 16.6. The lowest BCUT2D eigenvalue weighted by Crippen LogP contribution is -2.40. The van der Waals surface area contributed by atoms with Gasteiger partial charge in [0.1, 0.15) is 5.78 Å². The summed E-state index contributed by atoms with van der Waals surface area (Å²) in [4.78, 5) is 25.2. The molecule has 102 valence electrons. The van der Waals surface area contributed by atoms with Crippen molar-refractivity contribution in [3.05, 3.63) is 30.3 Å². The third kappa shape index (κ3) is 4.17. The molecule has 19 heavy (non-hydrogen) atoms. The molecular formula is C15H20N2O2. The summed E-state index contributed by atoms with van der Waals surface area (Å²) in [6.45, 7) is 0.369. The lowest BCUT2D eigenvalue weighted by Gasteiger charge is -2.30. The monoisotopic (exact) mass is 260 g/mol. The minimum atomic E-state index is -0.00870. The highest BCUT2D eigenvalue weighted by molar-refractivity contribution is 5.92. The molecule has 1 aliphatic carbocycles. The Morgan fingerprint density at radius 1 is 1.26 bits per heavy atom. The van der Waals surface area contributed by atoms with Crippen molar-refractivity contribution in [2.24, 2.45) is 0 Å². The molecule has 0 aliphatic heterocycles.